The third-order valence-corrected chi connectivity index (χ3v) is 6.39. The fourth-order valence-electron chi connectivity index (χ4n) is 4.47. The van der Waals surface area contributed by atoms with Crippen LogP contribution in [0, 0.1) is 0 Å². The van der Waals surface area contributed by atoms with Gasteiger partial charge in [0.2, 0.25) is 0 Å². The molecule has 1 aliphatic rings. The highest BCUT2D eigenvalue weighted by molar-refractivity contribution is 6.29. The van der Waals surface area contributed by atoms with Gasteiger partial charge in [0, 0.05) is 17.8 Å². The number of aliphatic hydroxyl groups excluding tert-OH is 2. The van der Waals surface area contributed by atoms with Gasteiger partial charge in [-0.3, -0.25) is 0 Å². The third-order valence-electron chi connectivity index (χ3n) is 6.18. The van der Waals surface area contributed by atoms with Crippen molar-refractivity contribution < 1.29 is 19.7 Å². The smallest absolute Gasteiger partial charge is 0.407 e. The lowest BCUT2D eigenvalue weighted by Gasteiger charge is -2.19. The summed E-state index contributed by atoms with van der Waals surface area (Å²) in [6, 6.07) is 24.8. The molecule has 1 aliphatic carbocycles. The SMILES string of the molecule is O=C(NCC(O)C(O)c1ccc2nc(Cl)ccc2c1)OCC1c2ccccc2-c2ccccc21. The van der Waals surface area contributed by atoms with Crippen LogP contribution in [0.15, 0.2) is 78.9 Å². The summed E-state index contributed by atoms with van der Waals surface area (Å²) in [7, 11) is 0. The van der Waals surface area contributed by atoms with Gasteiger partial charge in [-0.2, -0.15) is 0 Å². The lowest BCUT2D eigenvalue weighted by molar-refractivity contribution is 0.0186. The van der Waals surface area contributed by atoms with Crippen LogP contribution in [0.2, 0.25) is 5.15 Å². The van der Waals surface area contributed by atoms with Crippen LogP contribution in [-0.2, 0) is 4.74 Å². The first kappa shape index (κ1) is 22.3. The molecule has 5 rings (SSSR count). The van der Waals surface area contributed by atoms with Crippen LogP contribution < -0.4 is 5.32 Å². The lowest BCUT2D eigenvalue weighted by Crippen LogP contribution is -2.36. The number of aliphatic hydroxyl groups is 2. The zero-order valence-electron chi connectivity index (χ0n) is 18.2. The Morgan fingerprint density at radius 2 is 1.65 bits per heavy atom. The van der Waals surface area contributed by atoms with Gasteiger partial charge in [-0.15, -0.1) is 0 Å². The predicted octanol–water partition coefficient (Wildman–Crippen LogP) is 4.82. The Morgan fingerprint density at radius 1 is 0.971 bits per heavy atom. The molecule has 0 saturated carbocycles. The fourth-order valence-corrected chi connectivity index (χ4v) is 4.63. The van der Waals surface area contributed by atoms with Crippen LogP contribution in [-0.4, -0.2) is 40.5 Å². The van der Waals surface area contributed by atoms with Gasteiger partial charge in [0.15, 0.2) is 0 Å². The Labute approximate surface area is 201 Å². The molecule has 0 saturated heterocycles. The Morgan fingerprint density at radius 3 is 2.35 bits per heavy atom. The molecule has 7 heteroatoms. The van der Waals surface area contributed by atoms with Gasteiger partial charge in [-0.05, 0) is 52.1 Å². The number of nitrogens with zero attached hydrogens (tertiary/aromatic N) is 1. The number of ether oxygens (including phenoxy) is 1. The van der Waals surface area contributed by atoms with E-state index in [1.54, 1.807) is 30.3 Å². The summed E-state index contributed by atoms with van der Waals surface area (Å²) in [5.41, 5.74) is 5.75. The van der Waals surface area contributed by atoms with Gasteiger partial charge in [0.05, 0.1) is 5.52 Å². The molecule has 4 aromatic rings. The number of hydrogen-bond donors (Lipinski definition) is 3. The molecule has 1 amide bonds. The minimum Gasteiger partial charge on any atom is -0.449 e. The van der Waals surface area contributed by atoms with Crippen molar-refractivity contribution in [1.29, 1.82) is 0 Å². The second-order valence-electron chi connectivity index (χ2n) is 8.30. The van der Waals surface area contributed by atoms with Crippen LogP contribution in [0.4, 0.5) is 4.79 Å². The van der Waals surface area contributed by atoms with E-state index in [0.717, 1.165) is 27.6 Å². The van der Waals surface area contributed by atoms with Crippen molar-refractivity contribution in [3.05, 3.63) is 101 Å². The van der Waals surface area contributed by atoms with E-state index in [0.29, 0.717) is 16.2 Å². The van der Waals surface area contributed by atoms with Crippen molar-refractivity contribution in [2.45, 2.75) is 18.1 Å². The molecular formula is C27H23ClN2O4. The van der Waals surface area contributed by atoms with Crippen LogP contribution in [0.3, 0.4) is 0 Å². The number of pyridine rings is 1. The summed E-state index contributed by atoms with van der Waals surface area (Å²) in [6.45, 7) is 0.0213. The van der Waals surface area contributed by atoms with Crippen LogP contribution in [0.5, 0.6) is 0 Å². The number of rotatable bonds is 6. The van der Waals surface area contributed by atoms with Gasteiger partial charge in [0.25, 0.3) is 0 Å². The standard InChI is InChI=1S/C27H23ClN2O4/c28-25-12-10-16-13-17(9-11-23(16)30-25)26(32)24(31)14-29-27(33)34-15-22-20-7-3-1-5-18(20)19-6-2-4-8-21(19)22/h1-13,22,24,26,31-32H,14-15H2,(H,29,33). The number of nitrogens with one attached hydrogen (secondary N) is 1. The van der Waals surface area contributed by atoms with E-state index >= 15 is 0 Å². The summed E-state index contributed by atoms with van der Waals surface area (Å²) in [5, 5.41) is 24.7. The summed E-state index contributed by atoms with van der Waals surface area (Å²) in [6.07, 6.45) is -3.04. The Balaban J connectivity index is 1.19. The van der Waals surface area contributed by atoms with Gasteiger partial charge in [-0.25, -0.2) is 9.78 Å². The average Bonchev–Trinajstić information content (AvgIpc) is 3.19. The molecule has 0 spiro atoms. The maximum absolute atomic E-state index is 12.3. The van der Waals surface area contributed by atoms with E-state index in [-0.39, 0.29) is 19.1 Å². The van der Waals surface area contributed by atoms with E-state index in [1.807, 2.05) is 24.3 Å². The molecule has 2 atom stereocenters. The second kappa shape index (κ2) is 9.43. The number of alkyl carbamates (subject to hydrolysis) is 1. The zero-order chi connectivity index (χ0) is 23.7. The van der Waals surface area contributed by atoms with E-state index < -0.39 is 18.3 Å². The van der Waals surface area contributed by atoms with Crippen molar-refractivity contribution in [2.24, 2.45) is 0 Å². The summed E-state index contributed by atoms with van der Waals surface area (Å²) >= 11 is 5.91. The zero-order valence-corrected chi connectivity index (χ0v) is 18.9. The monoisotopic (exact) mass is 474 g/mol. The van der Waals surface area contributed by atoms with Crippen molar-refractivity contribution in [3.63, 3.8) is 0 Å². The highest BCUT2D eigenvalue weighted by Crippen LogP contribution is 2.44. The Kier molecular flexibility index (Phi) is 6.20. The number of hydrogen-bond acceptors (Lipinski definition) is 5. The van der Waals surface area contributed by atoms with Gasteiger partial charge < -0.3 is 20.3 Å². The molecule has 3 aromatic carbocycles. The first-order valence-corrected chi connectivity index (χ1v) is 11.4. The summed E-state index contributed by atoms with van der Waals surface area (Å²) < 4.78 is 5.48. The number of amides is 1. The number of halogens is 1. The molecule has 34 heavy (non-hydrogen) atoms. The highest BCUT2D eigenvalue weighted by atomic mass is 35.5. The molecule has 0 bridgehead atoms. The number of carbonyl (C=O) groups is 1. The fraction of sp³-hybridized carbons (Fsp3) is 0.185. The first-order valence-electron chi connectivity index (χ1n) is 11.0. The van der Waals surface area contributed by atoms with Crippen molar-refractivity contribution in [2.75, 3.05) is 13.2 Å². The molecule has 172 valence electrons. The molecule has 2 unspecified atom stereocenters. The predicted molar refractivity (Wildman–Crippen MR) is 131 cm³/mol. The molecule has 0 radical (unpaired) electrons. The van der Waals surface area contributed by atoms with E-state index in [4.69, 9.17) is 16.3 Å². The van der Waals surface area contributed by atoms with Crippen molar-refractivity contribution in [1.82, 2.24) is 10.3 Å². The van der Waals surface area contributed by atoms with E-state index in [1.165, 1.54) is 0 Å². The largest absolute Gasteiger partial charge is 0.449 e. The molecule has 6 nitrogen and oxygen atoms in total. The molecular weight excluding hydrogens is 452 g/mol. The Bertz CT molecular complexity index is 1310. The topological polar surface area (TPSA) is 91.7 Å². The van der Waals surface area contributed by atoms with Gasteiger partial charge >= 0.3 is 6.09 Å². The Hall–Kier alpha value is -3.45. The van der Waals surface area contributed by atoms with E-state index in [9.17, 15) is 15.0 Å². The van der Waals surface area contributed by atoms with Gasteiger partial charge in [0.1, 0.15) is 24.0 Å². The second-order valence-corrected chi connectivity index (χ2v) is 8.69. The minimum absolute atomic E-state index is 0.0478. The highest BCUT2D eigenvalue weighted by Gasteiger charge is 2.29. The maximum Gasteiger partial charge on any atom is 0.407 e. The molecule has 0 fully saturated rings. The molecule has 3 N–H and O–H groups in total. The first-order chi connectivity index (χ1) is 16.5. The van der Waals surface area contributed by atoms with Gasteiger partial charge in [-0.1, -0.05) is 66.2 Å². The number of benzene rings is 3. The third kappa shape index (κ3) is 4.35. The lowest BCUT2D eigenvalue weighted by atomic mass is 9.98. The number of fused-ring (bicyclic) bond motifs is 4. The van der Waals surface area contributed by atoms with Crippen LogP contribution in [0.25, 0.3) is 22.0 Å². The summed E-state index contributed by atoms with van der Waals surface area (Å²) in [5.74, 6) is -0.0478. The maximum atomic E-state index is 12.3. The summed E-state index contributed by atoms with van der Waals surface area (Å²) in [4.78, 5) is 16.6. The molecule has 0 aliphatic heterocycles. The average molecular weight is 475 g/mol. The molecule has 1 aromatic heterocycles. The number of carbonyl (C=O) groups excluding carboxylic acids is 1. The van der Waals surface area contributed by atoms with Crippen LogP contribution in [0.1, 0.15) is 28.7 Å². The van der Waals surface area contributed by atoms with Crippen LogP contribution >= 0.6 is 11.6 Å². The quantitative estimate of drug-likeness (QED) is 0.348. The van der Waals surface area contributed by atoms with E-state index in [2.05, 4.69) is 34.6 Å². The minimum atomic E-state index is -1.21. The van der Waals surface area contributed by atoms with Crippen molar-refractivity contribution >= 4 is 28.6 Å². The normalized spacial score (nSPS) is 14.3. The molecule has 1 heterocycles. The number of aromatic nitrogens is 1. The van der Waals surface area contributed by atoms with Crippen molar-refractivity contribution in [3.8, 4) is 11.1 Å².